The molecule has 5 atom stereocenters. The molecular weight excluding hydrogens is 543 g/mol. The highest BCUT2D eigenvalue weighted by molar-refractivity contribution is 7.89. The van der Waals surface area contributed by atoms with E-state index < -0.39 is 34.4 Å². The summed E-state index contributed by atoms with van der Waals surface area (Å²) in [6, 6.07) is 5.83. The number of fused-ring (bicyclic) bond motifs is 1. The van der Waals surface area contributed by atoms with E-state index in [-0.39, 0.29) is 29.4 Å². The maximum atomic E-state index is 13.7. The van der Waals surface area contributed by atoms with Crippen molar-refractivity contribution in [1.29, 1.82) is 0 Å². The lowest BCUT2D eigenvalue weighted by atomic mass is 9.94. The molecule has 12 heteroatoms. The summed E-state index contributed by atoms with van der Waals surface area (Å²) in [6.45, 7) is 5.84. The van der Waals surface area contributed by atoms with E-state index in [0.717, 1.165) is 21.0 Å². The van der Waals surface area contributed by atoms with E-state index in [1.807, 2.05) is 13.8 Å². The van der Waals surface area contributed by atoms with E-state index in [9.17, 15) is 13.2 Å². The lowest BCUT2D eigenvalue weighted by Gasteiger charge is -2.33. The normalized spacial score (nSPS) is 23.3. The van der Waals surface area contributed by atoms with Crippen LogP contribution >= 0.6 is 8.20 Å². The minimum Gasteiger partial charge on any atom is -0.497 e. The predicted molar refractivity (Wildman–Crippen MR) is 151 cm³/mol. The van der Waals surface area contributed by atoms with Gasteiger partial charge in [-0.1, -0.05) is 20.1 Å². The maximum Gasteiger partial charge on any atom is 0.407 e. The highest BCUT2D eigenvalue weighted by atomic mass is 32.2. The van der Waals surface area contributed by atoms with E-state index in [1.54, 1.807) is 12.1 Å². The molecule has 2 saturated heterocycles. The number of nitrogens with zero attached hydrogens (tertiary/aromatic N) is 1. The van der Waals surface area contributed by atoms with Crippen molar-refractivity contribution >= 4 is 30.6 Å². The van der Waals surface area contributed by atoms with Crippen LogP contribution in [0, 0.1) is 11.8 Å². The van der Waals surface area contributed by atoms with Crippen molar-refractivity contribution in [3.05, 3.63) is 24.3 Å². The highest BCUT2D eigenvalue weighted by Gasteiger charge is 2.39. The molecular formula is C27H43N2O8PS. The number of rotatable bonds is 14. The molecule has 1 aromatic carbocycles. The first kappa shape index (κ1) is 31.8. The van der Waals surface area contributed by atoms with Gasteiger partial charge in [0.05, 0.1) is 36.9 Å². The SMILES string of the molecule is C=PCCC(NC(=O)OC1COCCC2OCCC21)C(CN(CC(C)C)S(=O)(=O)c1ccc(OC)cc1)OC. The largest absolute Gasteiger partial charge is 0.497 e. The predicted octanol–water partition coefficient (Wildman–Crippen LogP) is 3.41. The summed E-state index contributed by atoms with van der Waals surface area (Å²) in [6.07, 6.45) is 5.20. The number of ether oxygens (including phenoxy) is 5. The van der Waals surface area contributed by atoms with Crippen LogP contribution in [0.15, 0.2) is 29.2 Å². The van der Waals surface area contributed by atoms with Gasteiger partial charge in [-0.05, 0) is 55.6 Å². The molecule has 220 valence electrons. The van der Waals surface area contributed by atoms with Gasteiger partial charge in [0.25, 0.3) is 0 Å². The second-order valence-corrected chi connectivity index (χ2v) is 13.2. The van der Waals surface area contributed by atoms with Crippen molar-refractivity contribution in [2.75, 3.05) is 53.3 Å². The first-order chi connectivity index (χ1) is 18.7. The fourth-order valence-electron chi connectivity index (χ4n) is 5.08. The molecule has 0 aliphatic carbocycles. The number of nitrogens with one attached hydrogen (secondary N) is 1. The first-order valence-electron chi connectivity index (χ1n) is 13.5. The topological polar surface area (TPSA) is 113 Å². The molecule has 2 aliphatic heterocycles. The molecule has 2 aliphatic rings. The van der Waals surface area contributed by atoms with Crippen LogP contribution in [-0.4, -0.2) is 103 Å². The number of amides is 1. The fourth-order valence-corrected chi connectivity index (χ4v) is 7.15. The van der Waals surface area contributed by atoms with Gasteiger partial charge < -0.3 is 29.0 Å². The molecule has 1 N–H and O–H groups in total. The number of carbonyl (C=O) groups is 1. The number of hydrogen-bond acceptors (Lipinski definition) is 8. The third-order valence-corrected chi connectivity index (χ3v) is 9.55. The summed E-state index contributed by atoms with van der Waals surface area (Å²) >= 11 is 0. The van der Waals surface area contributed by atoms with Crippen molar-refractivity contribution in [3.63, 3.8) is 0 Å². The van der Waals surface area contributed by atoms with Crippen molar-refractivity contribution < 1.29 is 36.9 Å². The van der Waals surface area contributed by atoms with Gasteiger partial charge in [-0.25, -0.2) is 13.2 Å². The lowest BCUT2D eigenvalue weighted by Crippen LogP contribution is -2.52. The quantitative estimate of drug-likeness (QED) is 0.330. The van der Waals surface area contributed by atoms with Crippen LogP contribution in [0.2, 0.25) is 0 Å². The van der Waals surface area contributed by atoms with Gasteiger partial charge in [0.15, 0.2) is 0 Å². The summed E-state index contributed by atoms with van der Waals surface area (Å²) in [5, 5.41) is 2.96. The zero-order valence-corrected chi connectivity index (χ0v) is 25.1. The Morgan fingerprint density at radius 3 is 2.56 bits per heavy atom. The Morgan fingerprint density at radius 2 is 1.92 bits per heavy atom. The molecule has 3 rings (SSSR count). The first-order valence-corrected chi connectivity index (χ1v) is 16.2. The molecule has 1 amide bonds. The van der Waals surface area contributed by atoms with Crippen LogP contribution < -0.4 is 10.1 Å². The van der Waals surface area contributed by atoms with Gasteiger partial charge in [0, 0.05) is 39.3 Å². The fraction of sp³-hybridized carbons (Fsp3) is 0.704. The molecule has 0 saturated carbocycles. The molecule has 0 bridgehead atoms. The summed E-state index contributed by atoms with van der Waals surface area (Å²) in [5.41, 5.74) is 0. The molecule has 0 radical (unpaired) electrons. The van der Waals surface area contributed by atoms with Crippen LogP contribution in [0.25, 0.3) is 0 Å². The van der Waals surface area contributed by atoms with Crippen LogP contribution in [-0.2, 0) is 29.0 Å². The minimum absolute atomic E-state index is 0.0329. The smallest absolute Gasteiger partial charge is 0.407 e. The molecule has 2 heterocycles. The third kappa shape index (κ3) is 8.87. The van der Waals surface area contributed by atoms with Crippen molar-refractivity contribution in [3.8, 4) is 5.75 Å². The van der Waals surface area contributed by atoms with Crippen LogP contribution in [0.5, 0.6) is 5.75 Å². The highest BCUT2D eigenvalue weighted by Crippen LogP contribution is 2.31. The number of sulfonamides is 1. The number of carbonyl (C=O) groups excluding carboxylic acids is 1. The Labute approximate surface area is 234 Å². The van der Waals surface area contributed by atoms with E-state index in [0.29, 0.717) is 44.7 Å². The number of alkyl carbamates (subject to hydrolysis) is 1. The van der Waals surface area contributed by atoms with E-state index in [4.69, 9.17) is 23.7 Å². The summed E-state index contributed by atoms with van der Waals surface area (Å²) in [7, 11) is 0.133. The Balaban J connectivity index is 1.76. The molecule has 39 heavy (non-hydrogen) atoms. The Bertz CT molecular complexity index is 1020. The van der Waals surface area contributed by atoms with Gasteiger partial charge in [0.1, 0.15) is 11.9 Å². The Hall–Kier alpha value is -1.75. The van der Waals surface area contributed by atoms with Gasteiger partial charge in [-0.15, -0.1) is 8.20 Å². The Kier molecular flexibility index (Phi) is 12.5. The standard InChI is InChI=1S/C27H43N2O8PS/c1-19(2)16-29(39(31,32)21-8-6-20(33-3)7-9-21)17-25(34-4)23(12-15-38-5)28-27(30)37-26-18-35-13-11-24-22(26)10-14-36-24/h6-9,19,22-26H,5,10-18H2,1-4H3,(H,28,30). The lowest BCUT2D eigenvalue weighted by molar-refractivity contribution is -0.00388. The summed E-state index contributed by atoms with van der Waals surface area (Å²) in [4.78, 5) is 13.3. The van der Waals surface area contributed by atoms with Gasteiger partial charge in [-0.3, -0.25) is 0 Å². The zero-order valence-electron chi connectivity index (χ0n) is 23.4. The maximum absolute atomic E-state index is 13.7. The van der Waals surface area contributed by atoms with E-state index >= 15 is 0 Å². The van der Waals surface area contributed by atoms with Crippen LogP contribution in [0.4, 0.5) is 4.79 Å². The molecule has 1 aromatic rings. The molecule has 2 fully saturated rings. The zero-order chi connectivity index (χ0) is 28.4. The second kappa shape index (κ2) is 15.3. The number of benzene rings is 1. The van der Waals surface area contributed by atoms with E-state index in [2.05, 4.69) is 11.6 Å². The minimum atomic E-state index is -3.84. The van der Waals surface area contributed by atoms with Crippen LogP contribution in [0.1, 0.15) is 33.1 Å². The second-order valence-electron chi connectivity index (χ2n) is 10.3. The number of hydrogen-bond donors (Lipinski definition) is 1. The monoisotopic (exact) mass is 586 g/mol. The number of methoxy groups -OCH3 is 2. The third-order valence-electron chi connectivity index (χ3n) is 7.13. The van der Waals surface area contributed by atoms with Gasteiger partial charge in [-0.2, -0.15) is 4.31 Å². The van der Waals surface area contributed by atoms with Crippen molar-refractivity contribution in [2.45, 2.75) is 62.4 Å². The average molecular weight is 587 g/mol. The van der Waals surface area contributed by atoms with E-state index in [1.165, 1.54) is 30.7 Å². The molecule has 0 aromatic heterocycles. The Morgan fingerprint density at radius 1 is 1.18 bits per heavy atom. The van der Waals surface area contributed by atoms with Crippen LogP contribution in [0.3, 0.4) is 0 Å². The van der Waals surface area contributed by atoms with Gasteiger partial charge >= 0.3 is 6.09 Å². The van der Waals surface area contributed by atoms with Crippen molar-refractivity contribution in [1.82, 2.24) is 9.62 Å². The van der Waals surface area contributed by atoms with Gasteiger partial charge in [0.2, 0.25) is 10.0 Å². The molecule has 5 unspecified atom stereocenters. The summed E-state index contributed by atoms with van der Waals surface area (Å²) < 4.78 is 57.0. The summed E-state index contributed by atoms with van der Waals surface area (Å²) in [5.74, 6) is 0.746. The average Bonchev–Trinajstić information content (AvgIpc) is 3.31. The molecule has 10 nitrogen and oxygen atoms in total. The molecule has 0 spiro atoms. The van der Waals surface area contributed by atoms with Crippen molar-refractivity contribution in [2.24, 2.45) is 11.8 Å².